The van der Waals surface area contributed by atoms with E-state index in [2.05, 4.69) is 0 Å². The first-order valence-corrected chi connectivity index (χ1v) is 5.32. The fraction of sp³-hybridized carbons (Fsp3) is 0.400. The van der Waals surface area contributed by atoms with Gasteiger partial charge < -0.3 is 5.11 Å². The van der Waals surface area contributed by atoms with E-state index >= 15 is 0 Å². The number of aldehydes is 1. The zero-order valence-corrected chi connectivity index (χ0v) is 8.34. The summed E-state index contributed by atoms with van der Waals surface area (Å²) in [4.78, 5) is 23.1. The van der Waals surface area contributed by atoms with E-state index in [4.69, 9.17) is 5.11 Å². The van der Waals surface area contributed by atoms with Crippen molar-refractivity contribution in [2.75, 3.05) is 0 Å². The standard InChI is InChI=1S/C10H10O3S/c11-5-8-3-6-1-2-7(10(12)13)4-9(6)14-8/h3,5,7H,1-2,4H2,(H,12,13). The lowest BCUT2D eigenvalue weighted by Crippen LogP contribution is -2.20. The molecule has 0 saturated heterocycles. The van der Waals surface area contributed by atoms with Crippen molar-refractivity contribution in [1.82, 2.24) is 0 Å². The van der Waals surface area contributed by atoms with Gasteiger partial charge >= 0.3 is 5.97 Å². The Balaban J connectivity index is 2.25. The SMILES string of the molecule is O=Cc1cc2c(s1)CC(C(=O)O)CC2. The predicted molar refractivity (Wildman–Crippen MR) is 52.9 cm³/mol. The molecule has 1 aromatic heterocycles. The first-order valence-electron chi connectivity index (χ1n) is 4.50. The van der Waals surface area contributed by atoms with Gasteiger partial charge in [-0.3, -0.25) is 9.59 Å². The maximum atomic E-state index is 10.8. The Hall–Kier alpha value is -1.16. The molecule has 1 heterocycles. The van der Waals surface area contributed by atoms with Gasteiger partial charge in [-0.1, -0.05) is 0 Å². The number of aliphatic carboxylic acids is 1. The highest BCUT2D eigenvalue weighted by atomic mass is 32.1. The Morgan fingerprint density at radius 2 is 2.43 bits per heavy atom. The van der Waals surface area contributed by atoms with Gasteiger partial charge in [0.05, 0.1) is 10.8 Å². The van der Waals surface area contributed by atoms with E-state index in [1.807, 2.05) is 6.07 Å². The van der Waals surface area contributed by atoms with Crippen molar-refractivity contribution in [3.05, 3.63) is 21.4 Å². The molecule has 0 aliphatic heterocycles. The second-order valence-corrected chi connectivity index (χ2v) is 4.66. The summed E-state index contributed by atoms with van der Waals surface area (Å²) in [5.41, 5.74) is 1.16. The molecule has 0 saturated carbocycles. The third-order valence-electron chi connectivity index (χ3n) is 2.58. The second kappa shape index (κ2) is 3.53. The van der Waals surface area contributed by atoms with Crippen molar-refractivity contribution in [2.45, 2.75) is 19.3 Å². The lowest BCUT2D eigenvalue weighted by atomic mass is 9.89. The van der Waals surface area contributed by atoms with Crippen LogP contribution in [0.1, 0.15) is 26.5 Å². The molecule has 1 unspecified atom stereocenters. The molecule has 2 rings (SSSR count). The first kappa shape index (κ1) is 9.40. The van der Waals surface area contributed by atoms with Gasteiger partial charge in [-0.05, 0) is 30.9 Å². The fourth-order valence-electron chi connectivity index (χ4n) is 1.80. The third kappa shape index (κ3) is 1.57. The highest BCUT2D eigenvalue weighted by Gasteiger charge is 2.25. The average molecular weight is 210 g/mol. The van der Waals surface area contributed by atoms with Gasteiger partial charge in [-0.25, -0.2) is 0 Å². The quantitative estimate of drug-likeness (QED) is 0.756. The van der Waals surface area contributed by atoms with Crippen LogP contribution in [-0.2, 0) is 17.6 Å². The minimum Gasteiger partial charge on any atom is -0.481 e. The van der Waals surface area contributed by atoms with Crippen LogP contribution in [0.3, 0.4) is 0 Å². The summed E-state index contributed by atoms with van der Waals surface area (Å²) in [7, 11) is 0. The highest BCUT2D eigenvalue weighted by molar-refractivity contribution is 7.13. The van der Waals surface area contributed by atoms with Crippen molar-refractivity contribution in [1.29, 1.82) is 0 Å². The molecule has 0 spiro atoms. The van der Waals surface area contributed by atoms with Crippen molar-refractivity contribution in [3.8, 4) is 0 Å². The average Bonchev–Trinajstić information content (AvgIpc) is 2.58. The maximum absolute atomic E-state index is 10.8. The molecular weight excluding hydrogens is 200 g/mol. The smallest absolute Gasteiger partial charge is 0.306 e. The number of hydrogen-bond donors (Lipinski definition) is 1. The molecule has 1 aliphatic carbocycles. The largest absolute Gasteiger partial charge is 0.481 e. The molecule has 0 fully saturated rings. The number of thiophene rings is 1. The molecule has 3 nitrogen and oxygen atoms in total. The normalized spacial score (nSPS) is 20.1. The monoisotopic (exact) mass is 210 g/mol. The summed E-state index contributed by atoms with van der Waals surface area (Å²) >= 11 is 1.43. The van der Waals surface area contributed by atoms with E-state index in [0.29, 0.717) is 17.7 Å². The summed E-state index contributed by atoms with van der Waals surface area (Å²) in [5, 5.41) is 8.86. The molecular formula is C10H10O3S. The van der Waals surface area contributed by atoms with Crippen molar-refractivity contribution in [2.24, 2.45) is 5.92 Å². The molecule has 0 amide bonds. The zero-order chi connectivity index (χ0) is 10.1. The van der Waals surface area contributed by atoms with Gasteiger partial charge in [-0.15, -0.1) is 11.3 Å². The molecule has 14 heavy (non-hydrogen) atoms. The lowest BCUT2D eigenvalue weighted by molar-refractivity contribution is -0.142. The van der Waals surface area contributed by atoms with Crippen LogP contribution in [0.5, 0.6) is 0 Å². The summed E-state index contributed by atoms with van der Waals surface area (Å²) in [5.74, 6) is -0.989. The van der Waals surface area contributed by atoms with Crippen molar-refractivity contribution >= 4 is 23.6 Å². The minimum atomic E-state index is -0.725. The number of aryl methyl sites for hydroxylation is 1. The van der Waals surface area contributed by atoms with E-state index in [-0.39, 0.29) is 5.92 Å². The fourth-order valence-corrected chi connectivity index (χ4v) is 2.91. The number of carbonyl (C=O) groups excluding carboxylic acids is 1. The van der Waals surface area contributed by atoms with E-state index < -0.39 is 5.97 Å². The number of fused-ring (bicyclic) bond motifs is 1. The Bertz CT molecular complexity index is 381. The Labute approximate surface area is 85.4 Å². The maximum Gasteiger partial charge on any atom is 0.306 e. The Morgan fingerprint density at radius 1 is 1.64 bits per heavy atom. The molecule has 1 atom stereocenters. The van der Waals surface area contributed by atoms with Crippen LogP contribution in [-0.4, -0.2) is 17.4 Å². The molecule has 1 N–H and O–H groups in total. The molecule has 0 radical (unpaired) electrons. The van der Waals surface area contributed by atoms with E-state index in [0.717, 1.165) is 23.1 Å². The summed E-state index contributed by atoms with van der Waals surface area (Å²) in [6.45, 7) is 0. The van der Waals surface area contributed by atoms with Crippen LogP contribution >= 0.6 is 11.3 Å². The van der Waals surface area contributed by atoms with Gasteiger partial charge in [0, 0.05) is 4.88 Å². The highest BCUT2D eigenvalue weighted by Crippen LogP contribution is 2.31. The first-order chi connectivity index (χ1) is 6.70. The molecule has 0 aromatic carbocycles. The van der Waals surface area contributed by atoms with Crippen LogP contribution in [0.2, 0.25) is 0 Å². The van der Waals surface area contributed by atoms with Crippen molar-refractivity contribution < 1.29 is 14.7 Å². The Kier molecular flexibility index (Phi) is 2.37. The van der Waals surface area contributed by atoms with E-state index in [1.54, 1.807) is 0 Å². The molecule has 1 aliphatic rings. The number of carboxylic acid groups (broad SMARTS) is 1. The van der Waals surface area contributed by atoms with Gasteiger partial charge in [0.25, 0.3) is 0 Å². The summed E-state index contributed by atoms with van der Waals surface area (Å²) in [6.07, 6.45) is 2.90. The van der Waals surface area contributed by atoms with E-state index in [9.17, 15) is 9.59 Å². The summed E-state index contributed by atoms with van der Waals surface area (Å²) < 4.78 is 0. The lowest BCUT2D eigenvalue weighted by Gasteiger charge is -2.17. The predicted octanol–water partition coefficient (Wildman–Crippen LogP) is 1.75. The molecule has 1 aromatic rings. The topological polar surface area (TPSA) is 54.4 Å². The van der Waals surface area contributed by atoms with Gasteiger partial charge in [0.15, 0.2) is 6.29 Å². The minimum absolute atomic E-state index is 0.263. The number of carboxylic acids is 1. The third-order valence-corrected chi connectivity index (χ3v) is 3.70. The molecule has 74 valence electrons. The van der Waals surface area contributed by atoms with Crippen LogP contribution in [0.25, 0.3) is 0 Å². The molecule has 0 bridgehead atoms. The van der Waals surface area contributed by atoms with Crippen LogP contribution in [0, 0.1) is 5.92 Å². The van der Waals surface area contributed by atoms with E-state index in [1.165, 1.54) is 11.3 Å². The van der Waals surface area contributed by atoms with Gasteiger partial charge in [0.2, 0.25) is 0 Å². The summed E-state index contributed by atoms with van der Waals surface area (Å²) in [6, 6.07) is 1.88. The number of rotatable bonds is 2. The Morgan fingerprint density at radius 3 is 3.07 bits per heavy atom. The van der Waals surface area contributed by atoms with Gasteiger partial charge in [0.1, 0.15) is 0 Å². The zero-order valence-electron chi connectivity index (χ0n) is 7.53. The van der Waals surface area contributed by atoms with Crippen molar-refractivity contribution in [3.63, 3.8) is 0 Å². The van der Waals surface area contributed by atoms with Gasteiger partial charge in [-0.2, -0.15) is 0 Å². The van der Waals surface area contributed by atoms with Crippen LogP contribution < -0.4 is 0 Å². The van der Waals surface area contributed by atoms with Crippen LogP contribution in [0.15, 0.2) is 6.07 Å². The number of carbonyl (C=O) groups is 2. The van der Waals surface area contributed by atoms with Crippen LogP contribution in [0.4, 0.5) is 0 Å². The molecule has 4 heteroatoms. The number of hydrogen-bond acceptors (Lipinski definition) is 3. The second-order valence-electron chi connectivity index (χ2n) is 3.49.